The van der Waals surface area contributed by atoms with Crippen molar-refractivity contribution in [2.75, 3.05) is 27.3 Å². The van der Waals surface area contributed by atoms with Crippen LogP contribution in [-0.2, 0) is 9.53 Å². The van der Waals surface area contributed by atoms with E-state index in [-0.39, 0.29) is 17.7 Å². The number of hydrogen-bond donors (Lipinski definition) is 1. The van der Waals surface area contributed by atoms with E-state index in [0.29, 0.717) is 13.1 Å². The number of aryl methyl sites for hydroxylation is 1. The summed E-state index contributed by atoms with van der Waals surface area (Å²) in [6, 6.07) is 5.99. The lowest BCUT2D eigenvalue weighted by Crippen LogP contribution is -2.42. The summed E-state index contributed by atoms with van der Waals surface area (Å²) in [5.41, 5.74) is 1.75. The van der Waals surface area contributed by atoms with Gasteiger partial charge in [0.25, 0.3) is 0 Å². The standard InChI is InChI=1S/C16H24N2O3/c1-11-8-12(6-7-13(11)20-4)15-17-9-14(19)18(15)10-16(2,3)21-5/h6-8,15,17H,9-10H2,1-5H3. The molecule has 0 aliphatic carbocycles. The normalized spacial score (nSPS) is 19.2. The smallest absolute Gasteiger partial charge is 0.238 e. The molecule has 116 valence electrons. The first-order valence-electron chi connectivity index (χ1n) is 7.10. The van der Waals surface area contributed by atoms with E-state index in [1.807, 2.05) is 37.8 Å². The number of rotatable bonds is 5. The van der Waals surface area contributed by atoms with Gasteiger partial charge in [-0.2, -0.15) is 0 Å². The van der Waals surface area contributed by atoms with Gasteiger partial charge in [0.05, 0.1) is 25.8 Å². The van der Waals surface area contributed by atoms with Gasteiger partial charge in [-0.1, -0.05) is 6.07 Å². The summed E-state index contributed by atoms with van der Waals surface area (Å²) >= 11 is 0. The number of carbonyl (C=O) groups is 1. The van der Waals surface area contributed by atoms with Gasteiger partial charge in [0.2, 0.25) is 5.91 Å². The molecule has 1 fully saturated rings. The molecule has 0 spiro atoms. The van der Waals surface area contributed by atoms with Gasteiger partial charge in [0.1, 0.15) is 11.9 Å². The zero-order valence-corrected chi connectivity index (χ0v) is 13.4. The first-order valence-corrected chi connectivity index (χ1v) is 7.10. The average Bonchev–Trinajstić information content (AvgIpc) is 2.80. The van der Waals surface area contributed by atoms with Crippen molar-refractivity contribution >= 4 is 5.91 Å². The van der Waals surface area contributed by atoms with Crippen LogP contribution in [0, 0.1) is 6.92 Å². The Morgan fingerprint density at radius 1 is 1.38 bits per heavy atom. The molecule has 1 amide bonds. The largest absolute Gasteiger partial charge is 0.496 e. The Hall–Kier alpha value is -1.59. The minimum absolute atomic E-state index is 0.0959. The van der Waals surface area contributed by atoms with E-state index in [2.05, 4.69) is 11.4 Å². The summed E-state index contributed by atoms with van der Waals surface area (Å²) in [4.78, 5) is 14.0. The van der Waals surface area contributed by atoms with Gasteiger partial charge in [0.15, 0.2) is 0 Å². The first-order chi connectivity index (χ1) is 9.88. The number of methoxy groups -OCH3 is 2. The highest BCUT2D eigenvalue weighted by atomic mass is 16.5. The maximum Gasteiger partial charge on any atom is 0.238 e. The molecular weight excluding hydrogens is 268 g/mol. The molecule has 1 aromatic rings. The quantitative estimate of drug-likeness (QED) is 0.900. The average molecular weight is 292 g/mol. The van der Waals surface area contributed by atoms with Crippen LogP contribution in [0.15, 0.2) is 18.2 Å². The second-order valence-corrected chi connectivity index (χ2v) is 6.00. The van der Waals surface area contributed by atoms with Crippen LogP contribution < -0.4 is 10.1 Å². The van der Waals surface area contributed by atoms with Crippen molar-refractivity contribution < 1.29 is 14.3 Å². The number of ether oxygens (including phenoxy) is 2. The van der Waals surface area contributed by atoms with Crippen molar-refractivity contribution in [2.24, 2.45) is 0 Å². The Morgan fingerprint density at radius 3 is 2.67 bits per heavy atom. The van der Waals surface area contributed by atoms with Crippen LogP contribution in [0.1, 0.15) is 31.1 Å². The van der Waals surface area contributed by atoms with Gasteiger partial charge in [-0.15, -0.1) is 0 Å². The fourth-order valence-corrected chi connectivity index (χ4v) is 2.56. The fourth-order valence-electron chi connectivity index (χ4n) is 2.56. The minimum atomic E-state index is -0.374. The van der Waals surface area contributed by atoms with Crippen LogP contribution in [0.2, 0.25) is 0 Å². The molecule has 5 heteroatoms. The highest BCUT2D eigenvalue weighted by Gasteiger charge is 2.35. The number of nitrogens with zero attached hydrogens (tertiary/aromatic N) is 1. The minimum Gasteiger partial charge on any atom is -0.496 e. The Kier molecular flexibility index (Phi) is 4.54. The van der Waals surface area contributed by atoms with Crippen molar-refractivity contribution in [3.8, 4) is 5.75 Å². The number of hydrogen-bond acceptors (Lipinski definition) is 4. The maximum absolute atomic E-state index is 12.1. The molecular formula is C16H24N2O3. The third-order valence-corrected chi connectivity index (χ3v) is 3.92. The predicted molar refractivity (Wildman–Crippen MR) is 81.3 cm³/mol. The molecule has 1 aromatic carbocycles. The molecule has 21 heavy (non-hydrogen) atoms. The molecule has 0 radical (unpaired) electrons. The Morgan fingerprint density at radius 2 is 2.10 bits per heavy atom. The summed E-state index contributed by atoms with van der Waals surface area (Å²) in [6.07, 6.45) is -0.114. The van der Waals surface area contributed by atoms with E-state index < -0.39 is 0 Å². The van der Waals surface area contributed by atoms with Crippen LogP contribution in [0.5, 0.6) is 5.75 Å². The van der Waals surface area contributed by atoms with Crippen LogP contribution >= 0.6 is 0 Å². The van der Waals surface area contributed by atoms with Crippen molar-refractivity contribution in [1.29, 1.82) is 0 Å². The molecule has 2 rings (SSSR count). The summed E-state index contributed by atoms with van der Waals surface area (Å²) in [5, 5.41) is 3.26. The van der Waals surface area contributed by atoms with Gasteiger partial charge in [0, 0.05) is 7.11 Å². The van der Waals surface area contributed by atoms with E-state index in [9.17, 15) is 4.79 Å². The van der Waals surface area contributed by atoms with E-state index in [0.717, 1.165) is 16.9 Å². The Labute approximate surface area is 126 Å². The molecule has 1 unspecified atom stereocenters. The highest BCUT2D eigenvalue weighted by Crippen LogP contribution is 2.28. The van der Waals surface area contributed by atoms with Crippen molar-refractivity contribution in [1.82, 2.24) is 10.2 Å². The first kappa shape index (κ1) is 15.8. The molecule has 0 bridgehead atoms. The fraction of sp³-hybridized carbons (Fsp3) is 0.562. The molecule has 1 aliphatic heterocycles. The topological polar surface area (TPSA) is 50.8 Å². The van der Waals surface area contributed by atoms with Gasteiger partial charge >= 0.3 is 0 Å². The molecule has 5 nitrogen and oxygen atoms in total. The lowest BCUT2D eigenvalue weighted by Gasteiger charge is -2.32. The zero-order valence-electron chi connectivity index (χ0n) is 13.4. The number of benzene rings is 1. The van der Waals surface area contributed by atoms with Gasteiger partial charge in [-0.25, -0.2) is 0 Å². The molecule has 1 atom stereocenters. The van der Waals surface area contributed by atoms with Crippen molar-refractivity contribution in [3.05, 3.63) is 29.3 Å². The van der Waals surface area contributed by atoms with Crippen LogP contribution in [0.25, 0.3) is 0 Å². The maximum atomic E-state index is 12.1. The van der Waals surface area contributed by atoms with Crippen LogP contribution in [0.4, 0.5) is 0 Å². The summed E-state index contributed by atoms with van der Waals surface area (Å²) in [7, 11) is 3.33. The Bertz CT molecular complexity index is 528. The van der Waals surface area contributed by atoms with E-state index >= 15 is 0 Å². The molecule has 0 aromatic heterocycles. The predicted octanol–water partition coefficient (Wildman–Crippen LogP) is 1.86. The van der Waals surface area contributed by atoms with Crippen LogP contribution in [0.3, 0.4) is 0 Å². The third kappa shape index (κ3) is 3.36. The molecule has 1 aliphatic rings. The van der Waals surface area contributed by atoms with Gasteiger partial charge in [-0.05, 0) is 44.0 Å². The Balaban J connectivity index is 2.25. The van der Waals surface area contributed by atoms with Gasteiger partial charge in [-0.3, -0.25) is 10.1 Å². The molecule has 1 saturated heterocycles. The van der Waals surface area contributed by atoms with Crippen molar-refractivity contribution in [3.63, 3.8) is 0 Å². The highest BCUT2D eigenvalue weighted by molar-refractivity contribution is 5.81. The molecule has 0 saturated carbocycles. The summed E-state index contributed by atoms with van der Waals surface area (Å²) < 4.78 is 10.7. The number of nitrogens with one attached hydrogen (secondary N) is 1. The SMILES string of the molecule is COc1ccc(C2NCC(=O)N2CC(C)(C)OC)cc1C. The number of amides is 1. The van der Waals surface area contributed by atoms with E-state index in [1.54, 1.807) is 14.2 Å². The molecule has 1 heterocycles. The van der Waals surface area contributed by atoms with Gasteiger partial charge < -0.3 is 14.4 Å². The summed E-state index contributed by atoms with van der Waals surface area (Å²) in [6.45, 7) is 6.87. The lowest BCUT2D eigenvalue weighted by molar-refractivity contribution is -0.131. The number of carbonyl (C=O) groups excluding carboxylic acids is 1. The van der Waals surface area contributed by atoms with E-state index in [4.69, 9.17) is 9.47 Å². The molecule has 1 N–H and O–H groups in total. The summed E-state index contributed by atoms with van der Waals surface area (Å²) in [5.74, 6) is 0.949. The second kappa shape index (κ2) is 6.03. The zero-order chi connectivity index (χ0) is 15.6. The van der Waals surface area contributed by atoms with E-state index in [1.165, 1.54) is 0 Å². The second-order valence-electron chi connectivity index (χ2n) is 6.00. The van der Waals surface area contributed by atoms with Crippen molar-refractivity contribution in [2.45, 2.75) is 32.5 Å². The lowest BCUT2D eigenvalue weighted by atomic mass is 10.1. The monoisotopic (exact) mass is 292 g/mol. The third-order valence-electron chi connectivity index (χ3n) is 3.92. The van der Waals surface area contributed by atoms with Crippen LogP contribution in [-0.4, -0.2) is 43.7 Å².